The van der Waals surface area contributed by atoms with Crippen molar-refractivity contribution in [3.05, 3.63) is 35.9 Å². The van der Waals surface area contributed by atoms with E-state index < -0.39 is 36.4 Å². The molecule has 1 aromatic carbocycles. The van der Waals surface area contributed by atoms with Crippen molar-refractivity contribution in [2.45, 2.75) is 36.2 Å². The largest absolute Gasteiger partial charge is 0.394 e. The first kappa shape index (κ1) is 16.4. The summed E-state index contributed by atoms with van der Waals surface area (Å²) in [4.78, 5) is 16.3. The number of thioether (sulfide) groups is 1. The van der Waals surface area contributed by atoms with E-state index in [1.54, 1.807) is 0 Å². The zero-order chi connectivity index (χ0) is 16.4. The van der Waals surface area contributed by atoms with Crippen LogP contribution in [0.5, 0.6) is 0 Å². The van der Waals surface area contributed by atoms with Crippen molar-refractivity contribution >= 4 is 22.8 Å². The zero-order valence-electron chi connectivity index (χ0n) is 12.2. The highest BCUT2D eigenvalue weighted by atomic mass is 32.2. The number of ether oxygens (including phenoxy) is 1. The quantitative estimate of drug-likeness (QED) is 0.577. The molecular formula is C15H18N2O5S. The second kappa shape index (κ2) is 6.98. The minimum atomic E-state index is -1.20. The molecule has 0 aromatic heterocycles. The fraction of sp³-hybridized carbons (Fsp3) is 0.467. The lowest BCUT2D eigenvalue weighted by molar-refractivity contribution is -0.164. The highest BCUT2D eigenvalue weighted by Gasteiger charge is 2.48. The van der Waals surface area contributed by atoms with Crippen molar-refractivity contribution in [1.82, 2.24) is 5.32 Å². The van der Waals surface area contributed by atoms with Crippen molar-refractivity contribution in [1.29, 1.82) is 0 Å². The normalized spacial score (nSPS) is 33.0. The number of amidine groups is 1. The number of hydrogen-bond donors (Lipinski definition) is 4. The third-order valence-electron chi connectivity index (χ3n) is 3.80. The first-order chi connectivity index (χ1) is 11.1. The van der Waals surface area contributed by atoms with Crippen LogP contribution in [0.25, 0.3) is 0 Å². The molecule has 1 fully saturated rings. The number of carbonyl (C=O) groups is 1. The molecule has 0 radical (unpaired) electrons. The number of aliphatic hydroxyl groups is 3. The maximum Gasteiger partial charge on any atom is 0.230 e. The molecule has 0 spiro atoms. The van der Waals surface area contributed by atoms with Crippen LogP contribution in [-0.2, 0) is 16.0 Å². The van der Waals surface area contributed by atoms with Gasteiger partial charge in [0.15, 0.2) is 5.17 Å². The molecule has 0 saturated carbocycles. The fourth-order valence-corrected chi connectivity index (χ4v) is 3.72. The molecule has 3 rings (SSSR count). The van der Waals surface area contributed by atoms with Crippen molar-refractivity contribution in [3.8, 4) is 0 Å². The minimum absolute atomic E-state index is 0.213. The predicted octanol–water partition coefficient (Wildman–Crippen LogP) is -0.744. The van der Waals surface area contributed by atoms with Gasteiger partial charge in [-0.25, -0.2) is 0 Å². The van der Waals surface area contributed by atoms with Crippen LogP contribution >= 0.6 is 11.8 Å². The summed E-state index contributed by atoms with van der Waals surface area (Å²) in [5.41, 5.74) is 0.357. The highest BCUT2D eigenvalue weighted by molar-refractivity contribution is 8.14. The van der Waals surface area contributed by atoms with E-state index in [4.69, 9.17) is 9.84 Å². The monoisotopic (exact) mass is 338 g/mol. The Balaban J connectivity index is 1.61. The van der Waals surface area contributed by atoms with Crippen LogP contribution in [0.2, 0.25) is 0 Å². The van der Waals surface area contributed by atoms with Gasteiger partial charge in [-0.1, -0.05) is 42.1 Å². The SMILES string of the molecule is O=C(Cc1ccccc1)NC1=NC2C(OC(CO)C(O)C2O)S1. The Kier molecular flexibility index (Phi) is 4.98. The summed E-state index contributed by atoms with van der Waals surface area (Å²) in [6.07, 6.45) is -2.97. The number of hydrogen-bond acceptors (Lipinski definition) is 7. The standard InChI is InChI=1S/C15H18N2O5S/c18-7-9-12(20)13(21)11-14(22-9)23-15(17-11)16-10(19)6-8-4-2-1-3-5-8/h1-5,9,11-14,18,20-21H,6-7H2,(H,16,17,19). The van der Waals surface area contributed by atoms with Crippen molar-refractivity contribution < 1.29 is 24.9 Å². The van der Waals surface area contributed by atoms with Crippen LogP contribution in [0.4, 0.5) is 0 Å². The van der Waals surface area contributed by atoms with Gasteiger partial charge in [0.1, 0.15) is 29.8 Å². The number of aliphatic hydroxyl groups excluding tert-OH is 3. The molecule has 1 amide bonds. The van der Waals surface area contributed by atoms with E-state index in [1.807, 2.05) is 30.3 Å². The van der Waals surface area contributed by atoms with Gasteiger partial charge in [-0.3, -0.25) is 9.79 Å². The van der Waals surface area contributed by atoms with Gasteiger partial charge in [0.05, 0.1) is 13.0 Å². The average Bonchev–Trinajstić information content (AvgIpc) is 2.94. The van der Waals surface area contributed by atoms with Gasteiger partial charge >= 0.3 is 0 Å². The van der Waals surface area contributed by atoms with Gasteiger partial charge in [-0.15, -0.1) is 0 Å². The zero-order valence-corrected chi connectivity index (χ0v) is 13.0. The van der Waals surface area contributed by atoms with E-state index in [9.17, 15) is 15.0 Å². The molecule has 0 aliphatic carbocycles. The smallest absolute Gasteiger partial charge is 0.230 e. The molecule has 2 aliphatic rings. The molecule has 0 bridgehead atoms. The van der Waals surface area contributed by atoms with Gasteiger partial charge in [0.2, 0.25) is 5.91 Å². The molecule has 5 unspecified atom stereocenters. The maximum absolute atomic E-state index is 12.0. The van der Waals surface area contributed by atoms with E-state index in [-0.39, 0.29) is 12.3 Å². The van der Waals surface area contributed by atoms with Crippen LogP contribution < -0.4 is 5.32 Å². The number of nitrogens with one attached hydrogen (secondary N) is 1. The summed E-state index contributed by atoms with van der Waals surface area (Å²) in [6.45, 7) is -0.391. The number of aliphatic imine (C=N–C) groups is 1. The minimum Gasteiger partial charge on any atom is -0.394 e. The van der Waals surface area contributed by atoms with Gasteiger partial charge in [0.25, 0.3) is 0 Å². The van der Waals surface area contributed by atoms with E-state index in [1.165, 1.54) is 11.8 Å². The molecule has 2 aliphatic heterocycles. The second-order valence-corrected chi connectivity index (χ2v) is 6.55. The van der Waals surface area contributed by atoms with Crippen LogP contribution in [0.3, 0.4) is 0 Å². The number of amides is 1. The Morgan fingerprint density at radius 3 is 2.70 bits per heavy atom. The summed E-state index contributed by atoms with van der Waals surface area (Å²) in [5.74, 6) is -0.213. The van der Waals surface area contributed by atoms with Crippen molar-refractivity contribution in [2.24, 2.45) is 4.99 Å². The number of carbonyl (C=O) groups excluding carboxylic acids is 1. The number of benzene rings is 1. The Morgan fingerprint density at radius 1 is 1.26 bits per heavy atom. The molecule has 23 heavy (non-hydrogen) atoms. The van der Waals surface area contributed by atoms with E-state index in [0.29, 0.717) is 5.17 Å². The molecule has 2 heterocycles. The lowest BCUT2D eigenvalue weighted by atomic mass is 9.99. The molecule has 8 heteroatoms. The van der Waals surface area contributed by atoms with E-state index in [2.05, 4.69) is 10.3 Å². The molecule has 124 valence electrons. The van der Waals surface area contributed by atoms with E-state index >= 15 is 0 Å². The van der Waals surface area contributed by atoms with Crippen LogP contribution in [0.15, 0.2) is 35.3 Å². The Morgan fingerprint density at radius 2 is 2.00 bits per heavy atom. The lowest BCUT2D eigenvalue weighted by Gasteiger charge is -2.37. The predicted molar refractivity (Wildman–Crippen MR) is 84.9 cm³/mol. The topological polar surface area (TPSA) is 111 Å². The maximum atomic E-state index is 12.0. The summed E-state index contributed by atoms with van der Waals surface area (Å²) in [7, 11) is 0. The third-order valence-corrected chi connectivity index (χ3v) is 4.85. The summed E-state index contributed by atoms with van der Waals surface area (Å²) in [6, 6.07) is 8.66. The second-order valence-electron chi connectivity index (χ2n) is 5.46. The van der Waals surface area contributed by atoms with Crippen LogP contribution in [0.1, 0.15) is 5.56 Å². The fourth-order valence-electron chi connectivity index (χ4n) is 2.58. The Bertz CT molecular complexity index is 597. The van der Waals surface area contributed by atoms with Crippen LogP contribution in [0, 0.1) is 0 Å². The average molecular weight is 338 g/mol. The van der Waals surface area contributed by atoms with Gasteiger partial charge in [-0.2, -0.15) is 0 Å². The first-order valence-electron chi connectivity index (χ1n) is 7.29. The lowest BCUT2D eigenvalue weighted by Crippen LogP contribution is -2.55. The molecule has 1 aromatic rings. The molecule has 7 nitrogen and oxygen atoms in total. The first-order valence-corrected chi connectivity index (χ1v) is 8.17. The van der Waals surface area contributed by atoms with Gasteiger partial charge < -0.3 is 25.4 Å². The van der Waals surface area contributed by atoms with Gasteiger partial charge in [-0.05, 0) is 5.56 Å². The number of fused-ring (bicyclic) bond motifs is 1. The van der Waals surface area contributed by atoms with Gasteiger partial charge in [0, 0.05) is 0 Å². The van der Waals surface area contributed by atoms with Crippen LogP contribution in [-0.4, -0.2) is 62.8 Å². The molecule has 5 atom stereocenters. The molecule has 4 N–H and O–H groups in total. The Labute approximate surface area is 137 Å². The summed E-state index contributed by atoms with van der Waals surface area (Å²) < 4.78 is 5.51. The number of rotatable bonds is 3. The van der Waals surface area contributed by atoms with Crippen molar-refractivity contribution in [2.75, 3.05) is 6.61 Å². The third kappa shape index (κ3) is 3.56. The Hall–Kier alpha value is -1.45. The van der Waals surface area contributed by atoms with E-state index in [0.717, 1.165) is 5.56 Å². The van der Waals surface area contributed by atoms with Crippen molar-refractivity contribution in [3.63, 3.8) is 0 Å². The molecule has 1 saturated heterocycles. The highest BCUT2D eigenvalue weighted by Crippen LogP contribution is 2.35. The molecular weight excluding hydrogens is 320 g/mol. The summed E-state index contributed by atoms with van der Waals surface area (Å²) >= 11 is 1.17. The summed E-state index contributed by atoms with van der Waals surface area (Å²) in [5, 5.41) is 32.1. The number of nitrogens with zero attached hydrogens (tertiary/aromatic N) is 1.